The van der Waals surface area contributed by atoms with Crippen LogP contribution in [0.3, 0.4) is 0 Å². The fourth-order valence-electron chi connectivity index (χ4n) is 1.92. The third kappa shape index (κ3) is 3.18. The molecule has 2 rings (SSSR count). The van der Waals surface area contributed by atoms with Crippen molar-refractivity contribution >= 4 is 23.2 Å². The second-order valence-corrected chi connectivity index (χ2v) is 5.18. The van der Waals surface area contributed by atoms with Crippen molar-refractivity contribution in [3.05, 3.63) is 52.0 Å². The van der Waals surface area contributed by atoms with E-state index in [0.29, 0.717) is 27.3 Å². The second kappa shape index (κ2) is 6.35. The number of ether oxygens (including phenoxy) is 2. The highest BCUT2D eigenvalue weighted by molar-refractivity contribution is 6.35. The van der Waals surface area contributed by atoms with Gasteiger partial charge in [-0.25, -0.2) is 0 Å². The van der Waals surface area contributed by atoms with E-state index in [1.807, 2.05) is 25.1 Å². The first kappa shape index (κ1) is 15.0. The summed E-state index contributed by atoms with van der Waals surface area (Å²) in [5.41, 5.74) is 6.79. The van der Waals surface area contributed by atoms with Gasteiger partial charge in [-0.2, -0.15) is 0 Å². The molecule has 0 aliphatic heterocycles. The molecule has 3 nitrogen and oxygen atoms in total. The molecule has 0 aliphatic rings. The van der Waals surface area contributed by atoms with E-state index in [4.69, 9.17) is 38.4 Å². The molecule has 1 unspecified atom stereocenters. The van der Waals surface area contributed by atoms with Gasteiger partial charge in [-0.3, -0.25) is 0 Å². The number of benzene rings is 2. The van der Waals surface area contributed by atoms with Gasteiger partial charge in [0, 0.05) is 11.1 Å². The normalized spacial score (nSPS) is 12.1. The number of rotatable bonds is 4. The summed E-state index contributed by atoms with van der Waals surface area (Å²) < 4.78 is 11.2. The molecule has 0 bridgehead atoms. The van der Waals surface area contributed by atoms with E-state index in [1.54, 1.807) is 25.3 Å². The van der Waals surface area contributed by atoms with Gasteiger partial charge in [0.25, 0.3) is 0 Å². The number of hydrogen-bond acceptors (Lipinski definition) is 3. The third-order valence-electron chi connectivity index (χ3n) is 2.82. The minimum absolute atomic E-state index is 0.229. The molecule has 2 aromatic rings. The molecule has 1 atom stereocenters. The van der Waals surface area contributed by atoms with Crippen LogP contribution in [0.25, 0.3) is 0 Å². The Labute approximate surface area is 128 Å². The summed E-state index contributed by atoms with van der Waals surface area (Å²) in [6, 6.07) is 10.3. The lowest BCUT2D eigenvalue weighted by Crippen LogP contribution is -2.08. The highest BCUT2D eigenvalue weighted by Gasteiger charge is 2.15. The van der Waals surface area contributed by atoms with Gasteiger partial charge >= 0.3 is 0 Å². The predicted molar refractivity (Wildman–Crippen MR) is 82.1 cm³/mol. The Morgan fingerprint density at radius 1 is 1.05 bits per heavy atom. The lowest BCUT2D eigenvalue weighted by molar-refractivity contribution is 0.397. The molecule has 0 spiro atoms. The number of methoxy groups -OCH3 is 1. The van der Waals surface area contributed by atoms with Gasteiger partial charge in [0.2, 0.25) is 0 Å². The highest BCUT2D eigenvalue weighted by Crippen LogP contribution is 2.38. The molecular formula is C15H15Cl2NO2. The maximum atomic E-state index is 6.11. The average molecular weight is 312 g/mol. The van der Waals surface area contributed by atoms with Crippen LogP contribution in [-0.2, 0) is 0 Å². The maximum absolute atomic E-state index is 6.11. The Balaban J connectivity index is 2.43. The monoisotopic (exact) mass is 311 g/mol. The van der Waals surface area contributed by atoms with Crippen molar-refractivity contribution in [2.45, 2.75) is 13.0 Å². The van der Waals surface area contributed by atoms with Crippen molar-refractivity contribution in [1.29, 1.82) is 0 Å². The van der Waals surface area contributed by atoms with Crippen LogP contribution in [-0.4, -0.2) is 7.11 Å². The van der Waals surface area contributed by atoms with Crippen LogP contribution in [0.15, 0.2) is 36.4 Å². The van der Waals surface area contributed by atoms with Gasteiger partial charge < -0.3 is 15.2 Å². The molecule has 2 aromatic carbocycles. The van der Waals surface area contributed by atoms with E-state index >= 15 is 0 Å². The standard InChI is InChI=1S/C15H15Cl2NO2/c1-9(18)15-13(19-2)4-3-5-14(15)20-12-7-6-10(16)8-11(12)17/h3-9H,18H2,1-2H3. The Hall–Kier alpha value is -1.42. The smallest absolute Gasteiger partial charge is 0.146 e. The molecule has 2 N–H and O–H groups in total. The minimum atomic E-state index is -0.229. The second-order valence-electron chi connectivity index (χ2n) is 4.34. The molecule has 106 valence electrons. The van der Waals surface area contributed by atoms with Crippen molar-refractivity contribution in [3.63, 3.8) is 0 Å². The zero-order valence-corrected chi connectivity index (χ0v) is 12.7. The molecular weight excluding hydrogens is 297 g/mol. The van der Waals surface area contributed by atoms with Gasteiger partial charge in [0.05, 0.1) is 17.7 Å². The van der Waals surface area contributed by atoms with Crippen molar-refractivity contribution in [2.75, 3.05) is 7.11 Å². The zero-order chi connectivity index (χ0) is 14.7. The van der Waals surface area contributed by atoms with Crippen LogP contribution in [0.5, 0.6) is 17.2 Å². The van der Waals surface area contributed by atoms with E-state index in [2.05, 4.69) is 0 Å². The lowest BCUT2D eigenvalue weighted by atomic mass is 10.1. The summed E-state index contributed by atoms with van der Waals surface area (Å²) in [5.74, 6) is 1.82. The Morgan fingerprint density at radius 2 is 1.75 bits per heavy atom. The summed E-state index contributed by atoms with van der Waals surface area (Å²) in [7, 11) is 1.60. The predicted octanol–water partition coefficient (Wildman–Crippen LogP) is 4.81. The molecule has 0 heterocycles. The molecule has 0 aromatic heterocycles. The Morgan fingerprint density at radius 3 is 2.35 bits per heavy atom. The molecule has 0 saturated heterocycles. The summed E-state index contributed by atoms with van der Waals surface area (Å²) >= 11 is 12.0. The summed E-state index contributed by atoms with van der Waals surface area (Å²) in [6.07, 6.45) is 0. The number of nitrogens with two attached hydrogens (primary N) is 1. The first-order valence-corrected chi connectivity index (χ1v) is 6.84. The molecule has 0 radical (unpaired) electrons. The van der Waals surface area contributed by atoms with E-state index in [1.165, 1.54) is 0 Å². The molecule has 0 amide bonds. The van der Waals surface area contributed by atoms with Crippen LogP contribution >= 0.6 is 23.2 Å². The minimum Gasteiger partial charge on any atom is -0.496 e. The first-order chi connectivity index (χ1) is 9.52. The molecule has 20 heavy (non-hydrogen) atoms. The fraction of sp³-hybridized carbons (Fsp3) is 0.200. The molecule has 5 heteroatoms. The van der Waals surface area contributed by atoms with Crippen LogP contribution in [0, 0.1) is 0 Å². The van der Waals surface area contributed by atoms with Crippen LogP contribution < -0.4 is 15.2 Å². The van der Waals surface area contributed by atoms with E-state index < -0.39 is 0 Å². The Kier molecular flexibility index (Phi) is 4.76. The SMILES string of the molecule is COc1cccc(Oc2ccc(Cl)cc2Cl)c1C(C)N. The van der Waals surface area contributed by atoms with Gasteiger partial charge in [-0.05, 0) is 37.3 Å². The van der Waals surface area contributed by atoms with Crippen molar-refractivity contribution in [3.8, 4) is 17.2 Å². The van der Waals surface area contributed by atoms with E-state index in [-0.39, 0.29) is 6.04 Å². The Bertz CT molecular complexity index is 615. The topological polar surface area (TPSA) is 44.5 Å². The molecule has 0 saturated carbocycles. The average Bonchev–Trinajstić information content (AvgIpc) is 2.41. The number of halogens is 2. The molecule has 0 aliphatic carbocycles. The summed E-state index contributed by atoms with van der Waals surface area (Å²) in [4.78, 5) is 0. The largest absolute Gasteiger partial charge is 0.496 e. The van der Waals surface area contributed by atoms with Crippen molar-refractivity contribution < 1.29 is 9.47 Å². The first-order valence-electron chi connectivity index (χ1n) is 6.08. The lowest BCUT2D eigenvalue weighted by Gasteiger charge is -2.17. The fourth-order valence-corrected chi connectivity index (χ4v) is 2.36. The zero-order valence-electron chi connectivity index (χ0n) is 11.2. The van der Waals surface area contributed by atoms with Gasteiger partial charge in [-0.1, -0.05) is 29.3 Å². The van der Waals surface area contributed by atoms with Crippen LogP contribution in [0.2, 0.25) is 10.0 Å². The van der Waals surface area contributed by atoms with Gasteiger partial charge in [-0.15, -0.1) is 0 Å². The van der Waals surface area contributed by atoms with E-state index in [0.717, 1.165) is 5.56 Å². The molecule has 0 fully saturated rings. The van der Waals surface area contributed by atoms with Gasteiger partial charge in [0.15, 0.2) is 0 Å². The summed E-state index contributed by atoms with van der Waals surface area (Å²) in [5, 5.41) is 0.997. The quantitative estimate of drug-likeness (QED) is 0.880. The summed E-state index contributed by atoms with van der Waals surface area (Å²) in [6.45, 7) is 1.87. The van der Waals surface area contributed by atoms with Crippen LogP contribution in [0.4, 0.5) is 0 Å². The van der Waals surface area contributed by atoms with Crippen molar-refractivity contribution in [1.82, 2.24) is 0 Å². The maximum Gasteiger partial charge on any atom is 0.146 e. The van der Waals surface area contributed by atoms with Crippen molar-refractivity contribution in [2.24, 2.45) is 5.73 Å². The van der Waals surface area contributed by atoms with Gasteiger partial charge in [0.1, 0.15) is 17.2 Å². The highest BCUT2D eigenvalue weighted by atomic mass is 35.5. The van der Waals surface area contributed by atoms with E-state index in [9.17, 15) is 0 Å². The number of hydrogen-bond donors (Lipinski definition) is 1. The third-order valence-corrected chi connectivity index (χ3v) is 3.35. The van der Waals surface area contributed by atoms with Crippen LogP contribution in [0.1, 0.15) is 18.5 Å².